The van der Waals surface area contributed by atoms with Gasteiger partial charge >= 0.3 is 0 Å². The van der Waals surface area contributed by atoms with E-state index in [1.807, 2.05) is 30.3 Å². The SMILES string of the molecule is CC(O)c1cccc(N2CCC(Cc3ccccc3F)CC2)n1. The third-order valence-electron chi connectivity index (χ3n) is 4.59. The number of aliphatic hydroxyl groups is 1. The highest BCUT2D eigenvalue weighted by Gasteiger charge is 2.21. The Morgan fingerprint density at radius 2 is 1.91 bits per heavy atom. The lowest BCUT2D eigenvalue weighted by Crippen LogP contribution is -2.35. The number of hydrogen-bond acceptors (Lipinski definition) is 3. The first-order valence-corrected chi connectivity index (χ1v) is 8.27. The number of nitrogens with zero attached hydrogens (tertiary/aromatic N) is 2. The largest absolute Gasteiger partial charge is 0.387 e. The van der Waals surface area contributed by atoms with Crippen molar-refractivity contribution in [2.45, 2.75) is 32.3 Å². The first kappa shape index (κ1) is 15.9. The van der Waals surface area contributed by atoms with E-state index in [2.05, 4.69) is 9.88 Å². The number of pyridine rings is 1. The molecular weight excluding hydrogens is 291 g/mol. The third kappa shape index (κ3) is 3.88. The van der Waals surface area contributed by atoms with Crippen molar-refractivity contribution in [1.29, 1.82) is 0 Å². The minimum absolute atomic E-state index is 0.0961. The number of anilines is 1. The molecule has 1 unspecified atom stereocenters. The summed E-state index contributed by atoms with van der Waals surface area (Å²) >= 11 is 0. The molecular formula is C19H23FN2O. The van der Waals surface area contributed by atoms with Crippen molar-refractivity contribution in [3.05, 3.63) is 59.5 Å². The van der Waals surface area contributed by atoms with E-state index in [1.54, 1.807) is 13.0 Å². The van der Waals surface area contributed by atoms with Crippen molar-refractivity contribution in [1.82, 2.24) is 4.98 Å². The van der Waals surface area contributed by atoms with Crippen LogP contribution >= 0.6 is 0 Å². The number of piperidine rings is 1. The van der Waals surface area contributed by atoms with E-state index in [1.165, 1.54) is 6.07 Å². The second-order valence-corrected chi connectivity index (χ2v) is 6.32. The van der Waals surface area contributed by atoms with Gasteiger partial charge in [0, 0.05) is 13.1 Å². The maximum Gasteiger partial charge on any atom is 0.128 e. The van der Waals surface area contributed by atoms with Crippen LogP contribution in [-0.4, -0.2) is 23.2 Å². The summed E-state index contributed by atoms with van der Waals surface area (Å²) in [6.07, 6.45) is 2.33. The molecule has 1 N–H and O–H groups in total. The van der Waals surface area contributed by atoms with Gasteiger partial charge in [-0.15, -0.1) is 0 Å². The molecule has 1 aromatic heterocycles. The molecule has 4 heteroatoms. The van der Waals surface area contributed by atoms with Gasteiger partial charge in [0.2, 0.25) is 0 Å². The fourth-order valence-corrected chi connectivity index (χ4v) is 3.19. The number of aliphatic hydroxyl groups excluding tert-OH is 1. The summed E-state index contributed by atoms with van der Waals surface area (Å²) in [6.45, 7) is 3.58. The number of hydrogen-bond donors (Lipinski definition) is 1. The molecule has 1 aliphatic rings. The molecule has 0 aliphatic carbocycles. The van der Waals surface area contributed by atoms with Crippen LogP contribution in [0.5, 0.6) is 0 Å². The van der Waals surface area contributed by atoms with Crippen LogP contribution < -0.4 is 4.90 Å². The smallest absolute Gasteiger partial charge is 0.128 e. The van der Waals surface area contributed by atoms with Crippen LogP contribution in [0, 0.1) is 11.7 Å². The van der Waals surface area contributed by atoms with Gasteiger partial charge in [-0.1, -0.05) is 24.3 Å². The highest BCUT2D eigenvalue weighted by Crippen LogP contribution is 2.26. The fourth-order valence-electron chi connectivity index (χ4n) is 3.19. The molecule has 1 saturated heterocycles. The second-order valence-electron chi connectivity index (χ2n) is 6.32. The summed E-state index contributed by atoms with van der Waals surface area (Å²) in [5, 5.41) is 9.66. The Balaban J connectivity index is 1.60. The van der Waals surface area contributed by atoms with Crippen molar-refractivity contribution in [3.63, 3.8) is 0 Å². The van der Waals surface area contributed by atoms with E-state index in [0.717, 1.165) is 43.7 Å². The third-order valence-corrected chi connectivity index (χ3v) is 4.59. The van der Waals surface area contributed by atoms with E-state index in [0.29, 0.717) is 11.6 Å². The quantitative estimate of drug-likeness (QED) is 0.934. The average molecular weight is 314 g/mol. The highest BCUT2D eigenvalue weighted by molar-refractivity contribution is 5.40. The lowest BCUT2D eigenvalue weighted by Gasteiger charge is -2.33. The second kappa shape index (κ2) is 7.09. The zero-order valence-corrected chi connectivity index (χ0v) is 13.5. The van der Waals surface area contributed by atoms with E-state index in [9.17, 15) is 9.50 Å². The Morgan fingerprint density at radius 3 is 2.61 bits per heavy atom. The molecule has 2 aromatic rings. The maximum atomic E-state index is 13.8. The van der Waals surface area contributed by atoms with Crippen molar-refractivity contribution in [2.24, 2.45) is 5.92 Å². The van der Waals surface area contributed by atoms with Gasteiger partial charge in [-0.25, -0.2) is 9.37 Å². The lowest BCUT2D eigenvalue weighted by atomic mass is 9.90. The average Bonchev–Trinajstić information content (AvgIpc) is 2.58. The fraction of sp³-hybridized carbons (Fsp3) is 0.421. The van der Waals surface area contributed by atoms with Gasteiger partial charge in [-0.3, -0.25) is 0 Å². The van der Waals surface area contributed by atoms with Crippen LogP contribution in [0.1, 0.15) is 37.1 Å². The molecule has 3 nitrogen and oxygen atoms in total. The van der Waals surface area contributed by atoms with Crippen LogP contribution in [0.3, 0.4) is 0 Å². The summed E-state index contributed by atoms with van der Waals surface area (Å²) in [7, 11) is 0. The van der Waals surface area contributed by atoms with Crippen molar-refractivity contribution >= 4 is 5.82 Å². The minimum atomic E-state index is -0.548. The van der Waals surface area contributed by atoms with Crippen molar-refractivity contribution < 1.29 is 9.50 Å². The summed E-state index contributed by atoms with van der Waals surface area (Å²) in [6, 6.07) is 12.8. The molecule has 1 atom stereocenters. The first-order chi connectivity index (χ1) is 11.1. The predicted molar refractivity (Wildman–Crippen MR) is 89.9 cm³/mol. The molecule has 3 rings (SSSR count). The van der Waals surface area contributed by atoms with Crippen molar-refractivity contribution in [2.75, 3.05) is 18.0 Å². The molecule has 0 bridgehead atoms. The zero-order chi connectivity index (χ0) is 16.2. The Labute approximate surface area is 136 Å². The highest BCUT2D eigenvalue weighted by atomic mass is 19.1. The van der Waals surface area contributed by atoms with Gasteiger partial charge in [0.15, 0.2) is 0 Å². The summed E-state index contributed by atoms with van der Waals surface area (Å²) in [4.78, 5) is 6.79. The molecule has 1 aromatic carbocycles. The molecule has 1 aliphatic heterocycles. The molecule has 0 saturated carbocycles. The van der Waals surface area contributed by atoms with Gasteiger partial charge < -0.3 is 10.0 Å². The van der Waals surface area contributed by atoms with Gasteiger partial charge in [0.1, 0.15) is 11.6 Å². The van der Waals surface area contributed by atoms with Gasteiger partial charge in [0.05, 0.1) is 11.8 Å². The van der Waals surface area contributed by atoms with Gasteiger partial charge in [0.25, 0.3) is 0 Å². The summed E-state index contributed by atoms with van der Waals surface area (Å²) in [5.74, 6) is 1.34. The van der Waals surface area contributed by atoms with Gasteiger partial charge in [-0.05, 0) is 55.9 Å². The van der Waals surface area contributed by atoms with Crippen molar-refractivity contribution in [3.8, 4) is 0 Å². The number of rotatable bonds is 4. The summed E-state index contributed by atoms with van der Waals surface area (Å²) < 4.78 is 13.8. The normalized spacial score (nSPS) is 17.3. The van der Waals surface area contributed by atoms with E-state index >= 15 is 0 Å². The summed E-state index contributed by atoms with van der Waals surface area (Å²) in [5.41, 5.74) is 1.52. The molecule has 1 fully saturated rings. The monoisotopic (exact) mass is 314 g/mol. The maximum absolute atomic E-state index is 13.8. The van der Waals surface area contributed by atoms with Crippen LogP contribution in [0.4, 0.5) is 10.2 Å². The van der Waals surface area contributed by atoms with Crippen LogP contribution in [0.15, 0.2) is 42.5 Å². The first-order valence-electron chi connectivity index (χ1n) is 8.27. The molecule has 0 amide bonds. The Kier molecular flexibility index (Phi) is 4.91. The molecule has 122 valence electrons. The van der Waals surface area contributed by atoms with Crippen LogP contribution in [0.2, 0.25) is 0 Å². The zero-order valence-electron chi connectivity index (χ0n) is 13.5. The molecule has 0 spiro atoms. The Morgan fingerprint density at radius 1 is 1.17 bits per heavy atom. The molecule has 23 heavy (non-hydrogen) atoms. The van der Waals surface area contributed by atoms with Crippen LogP contribution in [0.25, 0.3) is 0 Å². The van der Waals surface area contributed by atoms with Crippen LogP contribution in [-0.2, 0) is 6.42 Å². The lowest BCUT2D eigenvalue weighted by molar-refractivity contribution is 0.194. The molecule has 0 radical (unpaired) electrons. The number of benzene rings is 1. The van der Waals surface area contributed by atoms with E-state index in [-0.39, 0.29) is 5.82 Å². The number of halogens is 1. The Hall–Kier alpha value is -1.94. The number of aromatic nitrogens is 1. The van der Waals surface area contributed by atoms with Gasteiger partial charge in [-0.2, -0.15) is 0 Å². The van der Waals surface area contributed by atoms with E-state index in [4.69, 9.17) is 0 Å². The molecule has 2 heterocycles. The topological polar surface area (TPSA) is 36.4 Å². The predicted octanol–water partition coefficient (Wildman–Crippen LogP) is 3.73. The Bertz CT molecular complexity index is 651. The van der Waals surface area contributed by atoms with E-state index < -0.39 is 6.10 Å². The minimum Gasteiger partial charge on any atom is -0.387 e. The standard InChI is InChI=1S/C19H23FN2O/c1-14(23)18-7-4-8-19(21-18)22-11-9-15(10-12-22)13-16-5-2-3-6-17(16)20/h2-8,14-15,23H,9-13H2,1H3.